The van der Waals surface area contributed by atoms with E-state index in [0.717, 1.165) is 18.4 Å². The van der Waals surface area contributed by atoms with Crippen molar-refractivity contribution in [3.05, 3.63) is 0 Å². The average Bonchev–Trinajstić information content (AvgIpc) is 2.13. The second kappa shape index (κ2) is 7.60. The molecular formula is C11H24O. The fourth-order valence-electron chi connectivity index (χ4n) is 1.73. The second-order valence-electron chi connectivity index (χ2n) is 3.58. The molecule has 0 unspecified atom stereocenters. The van der Waals surface area contributed by atoms with Gasteiger partial charge in [-0.05, 0) is 24.7 Å². The van der Waals surface area contributed by atoms with Crippen LogP contribution in [0.25, 0.3) is 0 Å². The first-order valence-electron chi connectivity index (χ1n) is 5.32. The van der Waals surface area contributed by atoms with Crippen LogP contribution in [-0.2, 0) is 4.74 Å². The third-order valence-electron chi connectivity index (χ3n) is 2.54. The van der Waals surface area contributed by atoms with Gasteiger partial charge in [0.1, 0.15) is 0 Å². The van der Waals surface area contributed by atoms with E-state index in [4.69, 9.17) is 4.74 Å². The van der Waals surface area contributed by atoms with Gasteiger partial charge in [-0.1, -0.05) is 33.6 Å². The van der Waals surface area contributed by atoms with E-state index in [1.807, 2.05) is 13.8 Å². The summed E-state index contributed by atoms with van der Waals surface area (Å²) in [6, 6.07) is 0. The number of hydrogen-bond donors (Lipinski definition) is 0. The van der Waals surface area contributed by atoms with E-state index < -0.39 is 0 Å². The summed E-state index contributed by atoms with van der Waals surface area (Å²) < 4.78 is 5.12. The molecule has 1 nitrogen and oxygen atoms in total. The Morgan fingerprint density at radius 1 is 1.08 bits per heavy atom. The lowest BCUT2D eigenvalue weighted by atomic mass is 9.83. The fraction of sp³-hybridized carbons (Fsp3) is 1.00. The minimum atomic E-state index is 0.862. The van der Waals surface area contributed by atoms with Crippen molar-refractivity contribution < 1.29 is 4.74 Å². The highest BCUT2D eigenvalue weighted by Gasteiger charge is 2.17. The predicted octanol–water partition coefficient (Wildman–Crippen LogP) is 3.49. The number of methoxy groups -OCH3 is 1. The monoisotopic (exact) mass is 172 g/mol. The summed E-state index contributed by atoms with van der Waals surface area (Å²) in [5.74, 6) is 1.83. The van der Waals surface area contributed by atoms with Crippen LogP contribution in [0.15, 0.2) is 0 Å². The van der Waals surface area contributed by atoms with E-state index in [0.29, 0.717) is 0 Å². The molecule has 74 valence electrons. The van der Waals surface area contributed by atoms with Crippen molar-refractivity contribution in [1.29, 1.82) is 0 Å². The van der Waals surface area contributed by atoms with Gasteiger partial charge in [0.15, 0.2) is 0 Å². The molecule has 1 fully saturated rings. The highest BCUT2D eigenvalue weighted by Crippen LogP contribution is 2.27. The largest absolute Gasteiger partial charge is 0.384 e. The molecule has 0 aromatic carbocycles. The molecule has 0 bridgehead atoms. The topological polar surface area (TPSA) is 9.23 Å². The minimum absolute atomic E-state index is 0.862. The standard InChI is InChI=1S/C9H18O.C2H6/c1-8-3-5-9(6-4-8)7-10-2;1-2/h8-9H,3-7H2,1-2H3;1-2H3. The van der Waals surface area contributed by atoms with Gasteiger partial charge in [-0.25, -0.2) is 0 Å². The first-order valence-corrected chi connectivity index (χ1v) is 5.32. The molecule has 0 heterocycles. The first-order chi connectivity index (χ1) is 5.83. The molecule has 0 aromatic heterocycles. The van der Waals surface area contributed by atoms with E-state index in [1.165, 1.54) is 25.7 Å². The molecular weight excluding hydrogens is 148 g/mol. The zero-order valence-electron chi connectivity index (χ0n) is 9.10. The summed E-state index contributed by atoms with van der Waals surface area (Å²) in [6.07, 6.45) is 5.59. The molecule has 0 amide bonds. The molecule has 1 heteroatoms. The Bertz CT molecular complexity index is 83.0. The number of ether oxygens (including phenoxy) is 1. The Morgan fingerprint density at radius 2 is 1.58 bits per heavy atom. The Labute approximate surface area is 77.5 Å². The van der Waals surface area contributed by atoms with Crippen molar-refractivity contribution >= 4 is 0 Å². The molecule has 1 rings (SSSR count). The van der Waals surface area contributed by atoms with Crippen LogP contribution >= 0.6 is 0 Å². The third kappa shape index (κ3) is 4.76. The Kier molecular flexibility index (Phi) is 7.58. The van der Waals surface area contributed by atoms with E-state index in [9.17, 15) is 0 Å². The average molecular weight is 172 g/mol. The van der Waals surface area contributed by atoms with Crippen LogP contribution in [0, 0.1) is 11.8 Å². The predicted molar refractivity (Wildman–Crippen MR) is 54.3 cm³/mol. The van der Waals surface area contributed by atoms with Crippen molar-refractivity contribution in [2.24, 2.45) is 11.8 Å². The summed E-state index contributed by atoms with van der Waals surface area (Å²) in [5.41, 5.74) is 0. The van der Waals surface area contributed by atoms with Gasteiger partial charge >= 0.3 is 0 Å². The van der Waals surface area contributed by atoms with Crippen molar-refractivity contribution in [3.8, 4) is 0 Å². The van der Waals surface area contributed by atoms with Crippen LogP contribution in [0.2, 0.25) is 0 Å². The second-order valence-corrected chi connectivity index (χ2v) is 3.58. The SMILES string of the molecule is CC.COCC1CCC(C)CC1. The van der Waals surface area contributed by atoms with Crippen molar-refractivity contribution in [2.45, 2.75) is 46.5 Å². The molecule has 0 aliphatic heterocycles. The van der Waals surface area contributed by atoms with Gasteiger partial charge in [-0.2, -0.15) is 0 Å². The van der Waals surface area contributed by atoms with Crippen LogP contribution in [0.4, 0.5) is 0 Å². The molecule has 0 spiro atoms. The van der Waals surface area contributed by atoms with Gasteiger partial charge in [-0.15, -0.1) is 0 Å². The van der Waals surface area contributed by atoms with Gasteiger partial charge in [0.25, 0.3) is 0 Å². The van der Waals surface area contributed by atoms with Crippen molar-refractivity contribution in [2.75, 3.05) is 13.7 Å². The number of rotatable bonds is 2. The minimum Gasteiger partial charge on any atom is -0.384 e. The zero-order chi connectivity index (χ0) is 9.40. The molecule has 1 aliphatic rings. The maximum atomic E-state index is 5.12. The highest BCUT2D eigenvalue weighted by atomic mass is 16.5. The molecule has 0 radical (unpaired) electrons. The van der Waals surface area contributed by atoms with Crippen LogP contribution in [-0.4, -0.2) is 13.7 Å². The lowest BCUT2D eigenvalue weighted by Gasteiger charge is -2.25. The first kappa shape index (κ1) is 12.0. The summed E-state index contributed by atoms with van der Waals surface area (Å²) in [4.78, 5) is 0. The molecule has 0 aromatic rings. The van der Waals surface area contributed by atoms with Gasteiger partial charge < -0.3 is 4.74 Å². The summed E-state index contributed by atoms with van der Waals surface area (Å²) in [7, 11) is 1.80. The Balaban J connectivity index is 0.000000561. The van der Waals surface area contributed by atoms with Crippen molar-refractivity contribution in [1.82, 2.24) is 0 Å². The van der Waals surface area contributed by atoms with Gasteiger partial charge in [0.2, 0.25) is 0 Å². The quantitative estimate of drug-likeness (QED) is 0.619. The molecule has 1 aliphatic carbocycles. The summed E-state index contributed by atoms with van der Waals surface area (Å²) in [6.45, 7) is 7.33. The normalized spacial score (nSPS) is 29.0. The van der Waals surface area contributed by atoms with E-state index >= 15 is 0 Å². The fourth-order valence-corrected chi connectivity index (χ4v) is 1.73. The zero-order valence-corrected chi connectivity index (χ0v) is 9.10. The van der Waals surface area contributed by atoms with E-state index in [1.54, 1.807) is 7.11 Å². The molecule has 12 heavy (non-hydrogen) atoms. The lowest BCUT2D eigenvalue weighted by molar-refractivity contribution is 0.121. The van der Waals surface area contributed by atoms with Crippen molar-refractivity contribution in [3.63, 3.8) is 0 Å². The van der Waals surface area contributed by atoms with Crippen LogP contribution in [0.5, 0.6) is 0 Å². The van der Waals surface area contributed by atoms with Crippen LogP contribution < -0.4 is 0 Å². The Hall–Kier alpha value is -0.0400. The maximum Gasteiger partial charge on any atom is 0.0490 e. The van der Waals surface area contributed by atoms with Crippen LogP contribution in [0.3, 0.4) is 0 Å². The van der Waals surface area contributed by atoms with E-state index in [2.05, 4.69) is 6.92 Å². The molecule has 0 atom stereocenters. The summed E-state index contributed by atoms with van der Waals surface area (Å²) >= 11 is 0. The van der Waals surface area contributed by atoms with Crippen LogP contribution in [0.1, 0.15) is 46.5 Å². The molecule has 0 saturated heterocycles. The summed E-state index contributed by atoms with van der Waals surface area (Å²) in [5, 5.41) is 0. The van der Waals surface area contributed by atoms with E-state index in [-0.39, 0.29) is 0 Å². The van der Waals surface area contributed by atoms with Gasteiger partial charge in [0.05, 0.1) is 0 Å². The highest BCUT2D eigenvalue weighted by molar-refractivity contribution is 4.69. The maximum absolute atomic E-state index is 5.12. The Morgan fingerprint density at radius 3 is 2.00 bits per heavy atom. The van der Waals surface area contributed by atoms with Gasteiger partial charge in [0, 0.05) is 13.7 Å². The molecule has 0 N–H and O–H groups in total. The lowest BCUT2D eigenvalue weighted by Crippen LogP contribution is -2.16. The molecule has 1 saturated carbocycles. The van der Waals surface area contributed by atoms with Gasteiger partial charge in [-0.3, -0.25) is 0 Å². The smallest absolute Gasteiger partial charge is 0.0490 e. The third-order valence-corrected chi connectivity index (χ3v) is 2.54. The number of hydrogen-bond acceptors (Lipinski definition) is 1.